The average Bonchev–Trinajstić information content (AvgIpc) is 3.29. The Morgan fingerprint density at radius 2 is 1.98 bits per heavy atom. The molecule has 0 radical (unpaired) electrons. The molecule has 0 atom stereocenters. The van der Waals surface area contributed by atoms with E-state index in [4.69, 9.17) is 0 Å². The Balaban J connectivity index is 1.14. The zero-order valence-electron chi connectivity index (χ0n) is 22.0. The first-order chi connectivity index (χ1) is 20.2. The number of nitrogens with one attached hydrogen (secondary N) is 2. The molecule has 2 aliphatic heterocycles. The van der Waals surface area contributed by atoms with Crippen LogP contribution in [-0.4, -0.2) is 52.1 Å². The smallest absolute Gasteiger partial charge is 0.405 e. The van der Waals surface area contributed by atoms with Gasteiger partial charge in [-0.25, -0.2) is 9.97 Å². The number of anilines is 1. The summed E-state index contributed by atoms with van der Waals surface area (Å²) in [4.78, 5) is 38.8. The van der Waals surface area contributed by atoms with Gasteiger partial charge in [0.25, 0.3) is 11.1 Å². The lowest BCUT2D eigenvalue weighted by molar-refractivity contribution is -0.274. The fraction of sp³-hybridized carbons (Fsp3) is 0.286. The minimum Gasteiger partial charge on any atom is -0.405 e. The zero-order chi connectivity index (χ0) is 29.7. The van der Waals surface area contributed by atoms with Gasteiger partial charge in [-0.2, -0.15) is 5.26 Å². The van der Waals surface area contributed by atoms with E-state index in [0.29, 0.717) is 29.0 Å². The molecule has 3 aromatic rings. The number of alkyl halides is 3. The number of piperidine rings is 1. The summed E-state index contributed by atoms with van der Waals surface area (Å²) in [6.07, 6.45) is 1.66. The number of halogens is 3. The van der Waals surface area contributed by atoms with Crippen molar-refractivity contribution in [2.24, 2.45) is 5.92 Å². The van der Waals surface area contributed by atoms with Crippen LogP contribution in [0, 0.1) is 17.2 Å². The molecule has 0 saturated carbocycles. The Morgan fingerprint density at radius 1 is 1.19 bits per heavy atom. The summed E-state index contributed by atoms with van der Waals surface area (Å²) in [6.45, 7) is 2.66. The Labute approximate surface area is 243 Å². The molecule has 2 saturated heterocycles. The molecule has 2 N–H and O–H groups in total. The number of benzene rings is 1. The molecule has 1 aromatic carbocycles. The minimum absolute atomic E-state index is 0.0850. The van der Waals surface area contributed by atoms with Crippen molar-refractivity contribution >= 4 is 34.9 Å². The van der Waals surface area contributed by atoms with Crippen molar-refractivity contribution in [2.45, 2.75) is 25.7 Å². The molecule has 2 fully saturated rings. The SMILES string of the molecule is N#Cc1cc(CNCC2CCN(c3nccc(/C=C4/SC(=O)NC4=O)n3)CC2)cnc1-c1ccccc1OC(F)(F)F. The molecular formula is C28H24F3N7O3S. The van der Waals surface area contributed by atoms with Crippen LogP contribution in [0.15, 0.2) is 53.7 Å². The number of amides is 2. The first-order valence-corrected chi connectivity index (χ1v) is 13.8. The van der Waals surface area contributed by atoms with E-state index >= 15 is 0 Å². The van der Waals surface area contributed by atoms with Crippen LogP contribution in [0.25, 0.3) is 17.3 Å². The number of carbonyl (C=O) groups is 2. The second kappa shape index (κ2) is 12.6. The maximum atomic E-state index is 12.8. The number of thioether (sulfide) groups is 1. The number of hydrogen-bond donors (Lipinski definition) is 2. The largest absolute Gasteiger partial charge is 0.573 e. The van der Waals surface area contributed by atoms with Crippen LogP contribution in [0.3, 0.4) is 0 Å². The Kier molecular flexibility index (Phi) is 8.69. The minimum atomic E-state index is -4.87. The summed E-state index contributed by atoms with van der Waals surface area (Å²) in [5.74, 6) is 0.0973. The quantitative estimate of drug-likeness (QED) is 0.355. The second-order valence-corrected chi connectivity index (χ2v) is 10.6. The highest BCUT2D eigenvalue weighted by Gasteiger charge is 2.32. The van der Waals surface area contributed by atoms with Gasteiger partial charge in [-0.15, -0.1) is 13.2 Å². The summed E-state index contributed by atoms with van der Waals surface area (Å²) in [5.41, 5.74) is 1.63. The van der Waals surface area contributed by atoms with Crippen LogP contribution in [0.5, 0.6) is 5.75 Å². The van der Waals surface area contributed by atoms with E-state index in [-0.39, 0.29) is 16.8 Å². The van der Waals surface area contributed by atoms with Crippen LogP contribution in [-0.2, 0) is 11.3 Å². The number of aromatic nitrogens is 3. The lowest BCUT2D eigenvalue weighted by Gasteiger charge is -2.32. The van der Waals surface area contributed by atoms with Crippen LogP contribution in [0.1, 0.15) is 29.7 Å². The molecule has 5 rings (SSSR count). The van der Waals surface area contributed by atoms with E-state index in [1.54, 1.807) is 36.7 Å². The average molecular weight is 596 g/mol. The highest BCUT2D eigenvalue weighted by atomic mass is 32.2. The predicted molar refractivity (Wildman–Crippen MR) is 149 cm³/mol. The van der Waals surface area contributed by atoms with Crippen LogP contribution < -0.4 is 20.3 Å². The van der Waals surface area contributed by atoms with Crippen molar-refractivity contribution in [3.63, 3.8) is 0 Å². The molecule has 14 heteroatoms. The molecule has 0 aliphatic carbocycles. The Morgan fingerprint density at radius 3 is 2.69 bits per heavy atom. The molecule has 42 heavy (non-hydrogen) atoms. The van der Waals surface area contributed by atoms with Gasteiger partial charge in [0.05, 0.1) is 21.9 Å². The monoisotopic (exact) mass is 595 g/mol. The Bertz CT molecular complexity index is 1570. The van der Waals surface area contributed by atoms with Gasteiger partial charge in [-0.05, 0) is 73.0 Å². The number of nitriles is 1. The fourth-order valence-corrected chi connectivity index (χ4v) is 5.36. The fourth-order valence-electron chi connectivity index (χ4n) is 4.69. The van der Waals surface area contributed by atoms with Gasteiger partial charge in [0.1, 0.15) is 11.8 Å². The summed E-state index contributed by atoms with van der Waals surface area (Å²) < 4.78 is 42.6. The summed E-state index contributed by atoms with van der Waals surface area (Å²) in [6, 6.07) is 10.9. The first-order valence-electron chi connectivity index (χ1n) is 13.0. The number of ether oxygens (including phenoxy) is 1. The van der Waals surface area contributed by atoms with Gasteiger partial charge < -0.3 is 15.0 Å². The topological polar surface area (TPSA) is 133 Å². The van der Waals surface area contributed by atoms with Gasteiger partial charge in [-0.1, -0.05) is 12.1 Å². The molecule has 0 spiro atoms. The third-order valence-electron chi connectivity index (χ3n) is 6.68. The summed E-state index contributed by atoms with van der Waals surface area (Å²) >= 11 is 0.838. The number of imide groups is 1. The lowest BCUT2D eigenvalue weighted by Crippen LogP contribution is -2.38. The molecule has 2 aliphatic rings. The van der Waals surface area contributed by atoms with E-state index in [0.717, 1.165) is 49.8 Å². The van der Waals surface area contributed by atoms with Crippen LogP contribution >= 0.6 is 11.8 Å². The second-order valence-electron chi connectivity index (χ2n) is 9.59. The molecule has 0 bridgehead atoms. The van der Waals surface area contributed by atoms with Gasteiger partial charge in [-0.3, -0.25) is 19.9 Å². The number of rotatable bonds is 8. The first kappa shape index (κ1) is 29.0. The normalized spacial score (nSPS) is 16.9. The third kappa shape index (κ3) is 7.23. The van der Waals surface area contributed by atoms with Gasteiger partial charge in [0.2, 0.25) is 5.95 Å². The van der Waals surface area contributed by atoms with E-state index in [2.05, 4.69) is 35.2 Å². The predicted octanol–water partition coefficient (Wildman–Crippen LogP) is 4.64. The lowest BCUT2D eigenvalue weighted by atomic mass is 9.97. The number of nitrogens with zero attached hydrogens (tertiary/aromatic N) is 5. The maximum Gasteiger partial charge on any atom is 0.573 e. The molecule has 0 unspecified atom stereocenters. The van der Waals surface area contributed by atoms with Crippen LogP contribution in [0.4, 0.5) is 23.9 Å². The summed E-state index contributed by atoms with van der Waals surface area (Å²) in [5, 5.41) is 14.9. The number of para-hydroxylation sites is 1. The zero-order valence-corrected chi connectivity index (χ0v) is 22.8. The highest BCUT2D eigenvalue weighted by Crippen LogP contribution is 2.34. The van der Waals surface area contributed by atoms with E-state index < -0.39 is 23.3 Å². The van der Waals surface area contributed by atoms with E-state index in [9.17, 15) is 28.0 Å². The maximum absolute atomic E-state index is 12.8. The molecular weight excluding hydrogens is 571 g/mol. The Hall–Kier alpha value is -4.48. The van der Waals surface area contributed by atoms with Crippen molar-refractivity contribution < 1.29 is 27.5 Å². The van der Waals surface area contributed by atoms with Gasteiger partial charge in [0.15, 0.2) is 0 Å². The number of carbonyl (C=O) groups excluding carboxylic acids is 2. The number of pyridine rings is 1. The van der Waals surface area contributed by atoms with E-state index in [1.807, 2.05) is 6.07 Å². The molecule has 4 heterocycles. The molecule has 2 aromatic heterocycles. The summed E-state index contributed by atoms with van der Waals surface area (Å²) in [7, 11) is 0. The number of hydrogen-bond acceptors (Lipinski definition) is 10. The van der Waals surface area contributed by atoms with Crippen molar-refractivity contribution in [3.8, 4) is 23.1 Å². The molecule has 216 valence electrons. The van der Waals surface area contributed by atoms with Crippen molar-refractivity contribution in [1.29, 1.82) is 5.26 Å². The van der Waals surface area contributed by atoms with Crippen molar-refractivity contribution in [2.75, 3.05) is 24.5 Å². The molecule has 2 amide bonds. The van der Waals surface area contributed by atoms with Crippen molar-refractivity contribution in [3.05, 3.63) is 70.5 Å². The van der Waals surface area contributed by atoms with Crippen LogP contribution in [0.2, 0.25) is 0 Å². The third-order valence-corrected chi connectivity index (χ3v) is 7.49. The van der Waals surface area contributed by atoms with E-state index in [1.165, 1.54) is 18.2 Å². The standard InChI is InChI=1S/C28H24F3N7O3S/c29-28(30,31)41-22-4-2-1-3-21(22)24-19(13-32)11-18(16-35-24)15-33-14-17-6-9-38(10-7-17)26-34-8-5-20(36-26)12-23-25(39)37-27(40)42-23/h1-5,8,11-12,16-17,33H,6-7,9-10,14-15H2,(H,37,39,40)/b23-12+. The highest BCUT2D eigenvalue weighted by molar-refractivity contribution is 8.18. The van der Waals surface area contributed by atoms with Crippen molar-refractivity contribution in [1.82, 2.24) is 25.6 Å². The van der Waals surface area contributed by atoms with Gasteiger partial charge >= 0.3 is 6.36 Å². The molecule has 10 nitrogen and oxygen atoms in total. The van der Waals surface area contributed by atoms with Gasteiger partial charge in [0, 0.05) is 37.6 Å².